The van der Waals surface area contributed by atoms with E-state index in [1.54, 1.807) is 0 Å². The molecule has 0 aliphatic carbocycles. The molecule has 1 rings (SSSR count). The summed E-state index contributed by atoms with van der Waals surface area (Å²) in [6.07, 6.45) is 0. The zero-order valence-electron chi connectivity index (χ0n) is 3.49. The summed E-state index contributed by atoms with van der Waals surface area (Å²) < 4.78 is 18.2. The summed E-state index contributed by atoms with van der Waals surface area (Å²) in [5, 5.41) is 0. The Bertz CT molecular complexity index is 100. The van der Waals surface area contributed by atoms with Crippen LogP contribution in [0.4, 0.5) is 0 Å². The molecule has 42 valence electrons. The monoisotopic (exact) mass is 123 g/mol. The molecule has 0 unspecified atom stereocenters. The van der Waals surface area contributed by atoms with E-state index in [1.807, 2.05) is 0 Å². The molecule has 1 fully saturated rings. The first-order valence-electron chi connectivity index (χ1n) is 1.81. The molecule has 1 aliphatic rings. The van der Waals surface area contributed by atoms with Gasteiger partial charge in [0.2, 0.25) is 0 Å². The van der Waals surface area contributed by atoms with Gasteiger partial charge in [-0.05, 0) is 0 Å². The van der Waals surface area contributed by atoms with Crippen LogP contribution >= 0.6 is 7.82 Å². The second-order valence-electron chi connectivity index (χ2n) is 1.11. The normalized spacial score (nSPS) is 28.1. The topological polar surface area (TPSA) is 58.6 Å². The average molecular weight is 123 g/mol. The van der Waals surface area contributed by atoms with Gasteiger partial charge in [0.1, 0.15) is 0 Å². The molecule has 0 amide bonds. The van der Waals surface area contributed by atoms with Crippen molar-refractivity contribution in [3.63, 3.8) is 0 Å². The van der Waals surface area contributed by atoms with Gasteiger partial charge >= 0.3 is 0 Å². The van der Waals surface area contributed by atoms with Crippen molar-refractivity contribution in [2.24, 2.45) is 0 Å². The Morgan fingerprint density at radius 2 is 1.86 bits per heavy atom. The van der Waals surface area contributed by atoms with E-state index in [-0.39, 0.29) is 13.2 Å². The van der Waals surface area contributed by atoms with Crippen molar-refractivity contribution in [3.8, 4) is 0 Å². The second kappa shape index (κ2) is 1.56. The molecule has 0 aromatic heterocycles. The summed E-state index contributed by atoms with van der Waals surface area (Å²) in [6.45, 7) is 0.335. The van der Waals surface area contributed by atoms with Crippen molar-refractivity contribution in [1.82, 2.24) is 0 Å². The summed E-state index contributed by atoms with van der Waals surface area (Å²) >= 11 is 0. The van der Waals surface area contributed by atoms with E-state index >= 15 is 0 Å². The third-order valence-corrected chi connectivity index (χ3v) is 1.58. The molecule has 1 heterocycles. The fourth-order valence-electron chi connectivity index (χ4n) is 0.335. The van der Waals surface area contributed by atoms with E-state index in [0.717, 1.165) is 0 Å². The number of rotatable bonds is 0. The maximum atomic E-state index is 10.0. The first kappa shape index (κ1) is 5.25. The van der Waals surface area contributed by atoms with Gasteiger partial charge in [-0.25, -0.2) is 0 Å². The number of hydrogen-bond donors (Lipinski definition) is 0. The fourth-order valence-corrected chi connectivity index (χ4v) is 1.01. The van der Waals surface area contributed by atoms with Crippen LogP contribution in [0.15, 0.2) is 0 Å². The average Bonchev–Trinajstić information content (AvgIpc) is 1.84. The van der Waals surface area contributed by atoms with E-state index in [1.165, 1.54) is 0 Å². The molecule has 5 heteroatoms. The predicted molar refractivity (Wildman–Crippen MR) is 19.5 cm³/mol. The van der Waals surface area contributed by atoms with E-state index in [2.05, 4.69) is 9.05 Å². The van der Waals surface area contributed by atoms with Crippen LogP contribution in [0.5, 0.6) is 0 Å². The molecule has 1 aliphatic heterocycles. The van der Waals surface area contributed by atoms with Crippen LogP contribution in [0, 0.1) is 0 Å². The van der Waals surface area contributed by atoms with E-state index in [0.29, 0.717) is 0 Å². The summed E-state index contributed by atoms with van der Waals surface area (Å²) in [6, 6.07) is 0. The lowest BCUT2D eigenvalue weighted by molar-refractivity contribution is -0.213. The summed E-state index contributed by atoms with van der Waals surface area (Å²) in [4.78, 5) is 10.0. The van der Waals surface area contributed by atoms with Gasteiger partial charge in [0.15, 0.2) is 0 Å². The highest BCUT2D eigenvalue weighted by atomic mass is 31.2. The Kier molecular flexibility index (Phi) is 1.17. The van der Waals surface area contributed by atoms with Crippen LogP contribution in [0.2, 0.25) is 0 Å². The molecule has 0 bridgehead atoms. The van der Waals surface area contributed by atoms with Crippen molar-refractivity contribution in [3.05, 3.63) is 0 Å². The van der Waals surface area contributed by atoms with Crippen molar-refractivity contribution in [2.75, 3.05) is 13.2 Å². The molecular formula is C2H4O4P-. The van der Waals surface area contributed by atoms with Crippen molar-refractivity contribution >= 4 is 7.82 Å². The van der Waals surface area contributed by atoms with Crippen LogP contribution in [-0.2, 0) is 13.6 Å². The first-order valence-corrected chi connectivity index (χ1v) is 3.27. The zero-order chi connectivity index (χ0) is 5.33. The van der Waals surface area contributed by atoms with Crippen molar-refractivity contribution in [2.45, 2.75) is 0 Å². The van der Waals surface area contributed by atoms with Gasteiger partial charge in [-0.1, -0.05) is 0 Å². The van der Waals surface area contributed by atoms with E-state index < -0.39 is 7.82 Å². The van der Waals surface area contributed by atoms with Crippen LogP contribution in [0.1, 0.15) is 0 Å². The van der Waals surface area contributed by atoms with E-state index in [9.17, 15) is 9.46 Å². The Balaban J connectivity index is 2.57. The van der Waals surface area contributed by atoms with Gasteiger partial charge in [0.25, 0.3) is 7.82 Å². The largest absolute Gasteiger partial charge is 0.756 e. The molecule has 0 radical (unpaired) electrons. The van der Waals surface area contributed by atoms with E-state index in [4.69, 9.17) is 0 Å². The van der Waals surface area contributed by atoms with Gasteiger partial charge < -0.3 is 13.9 Å². The van der Waals surface area contributed by atoms with Crippen molar-refractivity contribution < 1.29 is 18.5 Å². The Morgan fingerprint density at radius 3 is 2.00 bits per heavy atom. The Labute approximate surface area is 40.7 Å². The summed E-state index contributed by atoms with van der Waals surface area (Å²) in [5.74, 6) is 0. The summed E-state index contributed by atoms with van der Waals surface area (Å²) in [5.41, 5.74) is 0. The predicted octanol–water partition coefficient (Wildman–Crippen LogP) is -0.498. The minimum absolute atomic E-state index is 0.167. The molecule has 0 aromatic rings. The standard InChI is InChI=1S/C2H5O4P/c3-7(4)5-1-2-6-7/h1-2H2,(H,3,4)/p-1. The molecule has 7 heavy (non-hydrogen) atoms. The Morgan fingerprint density at radius 1 is 1.43 bits per heavy atom. The highest BCUT2D eigenvalue weighted by molar-refractivity contribution is 7.46. The zero-order valence-corrected chi connectivity index (χ0v) is 4.39. The van der Waals surface area contributed by atoms with Crippen LogP contribution < -0.4 is 4.89 Å². The highest BCUT2D eigenvalue weighted by Crippen LogP contribution is 2.41. The fraction of sp³-hybridized carbons (Fsp3) is 1.00. The van der Waals surface area contributed by atoms with Crippen LogP contribution in [0.25, 0.3) is 0 Å². The highest BCUT2D eigenvalue weighted by Gasteiger charge is 2.14. The smallest absolute Gasteiger partial charge is 0.268 e. The minimum atomic E-state index is -3.79. The van der Waals surface area contributed by atoms with Gasteiger partial charge in [-0.2, -0.15) is 0 Å². The molecule has 0 spiro atoms. The number of hydrogen-bond acceptors (Lipinski definition) is 4. The lowest BCUT2D eigenvalue weighted by Crippen LogP contribution is -1.97. The SMILES string of the molecule is O=P1([O-])OCCO1. The third kappa shape index (κ3) is 1.24. The third-order valence-electron chi connectivity index (χ3n) is 0.582. The molecule has 0 aromatic carbocycles. The van der Waals surface area contributed by atoms with Gasteiger partial charge in [-0.15, -0.1) is 0 Å². The lowest BCUT2D eigenvalue weighted by atomic mass is 10.8. The molecular weight excluding hydrogens is 119 g/mol. The van der Waals surface area contributed by atoms with Crippen LogP contribution in [-0.4, -0.2) is 13.2 Å². The number of phosphoric ester groups is 1. The van der Waals surface area contributed by atoms with Gasteiger partial charge in [-0.3, -0.25) is 4.57 Å². The Hall–Kier alpha value is 0.110. The van der Waals surface area contributed by atoms with Gasteiger partial charge in [0, 0.05) is 0 Å². The summed E-state index contributed by atoms with van der Waals surface area (Å²) in [7, 11) is -3.79. The maximum Gasteiger partial charge on any atom is 0.268 e. The van der Waals surface area contributed by atoms with Gasteiger partial charge in [0.05, 0.1) is 13.2 Å². The van der Waals surface area contributed by atoms with Crippen LogP contribution in [0.3, 0.4) is 0 Å². The quantitative estimate of drug-likeness (QED) is 0.407. The molecule has 0 saturated carbocycles. The molecule has 0 atom stereocenters. The molecule has 1 saturated heterocycles. The lowest BCUT2D eigenvalue weighted by Gasteiger charge is -2.10. The van der Waals surface area contributed by atoms with Crippen molar-refractivity contribution in [1.29, 1.82) is 0 Å². The maximum absolute atomic E-state index is 10.0. The first-order chi connectivity index (χ1) is 3.21. The molecule has 4 nitrogen and oxygen atoms in total. The number of phosphoric acid groups is 1. The minimum Gasteiger partial charge on any atom is -0.756 e. The molecule has 0 N–H and O–H groups in total. The second-order valence-corrected chi connectivity index (χ2v) is 2.52.